The molecule has 0 bridgehead atoms. The molecule has 0 fully saturated rings. The molecule has 0 radical (unpaired) electrons. The van der Waals surface area contributed by atoms with Crippen molar-refractivity contribution in [2.75, 3.05) is 5.73 Å². The van der Waals surface area contributed by atoms with Crippen LogP contribution in [0.2, 0.25) is 10.0 Å². The van der Waals surface area contributed by atoms with Gasteiger partial charge in [-0.15, -0.1) is 0 Å². The molecular weight excluding hydrogens is 408 g/mol. The van der Waals surface area contributed by atoms with Gasteiger partial charge in [0.1, 0.15) is 5.82 Å². The van der Waals surface area contributed by atoms with Gasteiger partial charge in [0.2, 0.25) is 0 Å². The second-order valence-corrected chi connectivity index (χ2v) is 6.84. The maximum absolute atomic E-state index is 6.20. The Balaban J connectivity index is 2.57. The topological polar surface area (TPSA) is 51.8 Å². The molecule has 0 atom stereocenters. The van der Waals surface area contributed by atoms with E-state index in [-0.39, 0.29) is 0 Å². The van der Waals surface area contributed by atoms with Crippen molar-refractivity contribution < 1.29 is 0 Å². The molecule has 6 heteroatoms. The molecule has 1 aromatic carbocycles. The van der Waals surface area contributed by atoms with Crippen LogP contribution in [-0.4, -0.2) is 9.97 Å². The van der Waals surface area contributed by atoms with E-state index in [9.17, 15) is 0 Å². The quantitative estimate of drug-likeness (QED) is 0.721. The standard InChI is InChI=1S/C14H14Cl2IN3/c1-7(2)5-11-12(17)13(18)20-14(19-11)9-6-8(15)3-4-10(9)16/h3-4,6-7H,5H2,1-2H3,(H2,18,19,20). The van der Waals surface area contributed by atoms with Crippen LogP contribution in [0.1, 0.15) is 19.5 Å². The van der Waals surface area contributed by atoms with E-state index in [4.69, 9.17) is 28.9 Å². The Hall–Kier alpha value is -0.590. The summed E-state index contributed by atoms with van der Waals surface area (Å²) in [5.74, 6) is 1.48. The molecule has 3 nitrogen and oxygen atoms in total. The van der Waals surface area contributed by atoms with Gasteiger partial charge in [-0.3, -0.25) is 0 Å². The van der Waals surface area contributed by atoms with Gasteiger partial charge in [0.05, 0.1) is 14.3 Å². The molecule has 0 aliphatic carbocycles. The van der Waals surface area contributed by atoms with E-state index < -0.39 is 0 Å². The number of nitrogens with zero attached hydrogens (tertiary/aromatic N) is 2. The Kier molecular flexibility index (Phi) is 5.09. The summed E-state index contributed by atoms with van der Waals surface area (Å²) in [6.07, 6.45) is 0.843. The molecule has 0 saturated carbocycles. The second kappa shape index (κ2) is 6.45. The molecule has 2 N–H and O–H groups in total. The highest BCUT2D eigenvalue weighted by Gasteiger charge is 2.14. The second-order valence-electron chi connectivity index (χ2n) is 4.92. The van der Waals surface area contributed by atoms with Crippen LogP contribution in [0.4, 0.5) is 5.82 Å². The van der Waals surface area contributed by atoms with Gasteiger partial charge >= 0.3 is 0 Å². The number of nitrogen functional groups attached to an aromatic ring is 1. The van der Waals surface area contributed by atoms with Crippen LogP contribution in [0.15, 0.2) is 18.2 Å². The lowest BCUT2D eigenvalue weighted by Crippen LogP contribution is -2.07. The van der Waals surface area contributed by atoms with E-state index in [1.165, 1.54) is 0 Å². The molecule has 0 unspecified atom stereocenters. The maximum Gasteiger partial charge on any atom is 0.163 e. The number of hydrogen-bond donors (Lipinski definition) is 1. The molecule has 0 amide bonds. The van der Waals surface area contributed by atoms with E-state index in [2.05, 4.69) is 46.4 Å². The number of nitrogens with two attached hydrogens (primary N) is 1. The highest BCUT2D eigenvalue weighted by atomic mass is 127. The molecule has 0 spiro atoms. The van der Waals surface area contributed by atoms with E-state index in [0.717, 1.165) is 15.7 Å². The van der Waals surface area contributed by atoms with Crippen LogP contribution in [0.3, 0.4) is 0 Å². The minimum Gasteiger partial charge on any atom is -0.383 e. The zero-order valence-corrected chi connectivity index (χ0v) is 14.8. The van der Waals surface area contributed by atoms with Crippen molar-refractivity contribution in [1.82, 2.24) is 9.97 Å². The highest BCUT2D eigenvalue weighted by Crippen LogP contribution is 2.30. The Bertz CT molecular complexity index is 645. The van der Waals surface area contributed by atoms with Crippen LogP contribution in [0.25, 0.3) is 11.4 Å². The van der Waals surface area contributed by atoms with E-state index >= 15 is 0 Å². The molecule has 106 valence electrons. The molecule has 0 aliphatic heterocycles. The molecule has 1 aromatic heterocycles. The van der Waals surface area contributed by atoms with Crippen LogP contribution in [0, 0.1) is 9.49 Å². The zero-order valence-electron chi connectivity index (χ0n) is 11.1. The van der Waals surface area contributed by atoms with Gasteiger partial charge in [0.25, 0.3) is 0 Å². The summed E-state index contributed by atoms with van der Waals surface area (Å²) < 4.78 is 0.901. The van der Waals surface area contributed by atoms with Crippen molar-refractivity contribution >= 4 is 51.6 Å². The van der Waals surface area contributed by atoms with Gasteiger partial charge < -0.3 is 5.73 Å². The lowest BCUT2D eigenvalue weighted by Gasteiger charge is -2.11. The molecule has 1 heterocycles. The highest BCUT2D eigenvalue weighted by molar-refractivity contribution is 14.1. The van der Waals surface area contributed by atoms with Gasteiger partial charge in [-0.25, -0.2) is 9.97 Å². The Morgan fingerprint density at radius 2 is 1.95 bits per heavy atom. The van der Waals surface area contributed by atoms with Gasteiger partial charge in [0, 0.05) is 10.6 Å². The average Bonchev–Trinajstić information content (AvgIpc) is 2.37. The van der Waals surface area contributed by atoms with Crippen molar-refractivity contribution in [2.45, 2.75) is 20.3 Å². The summed E-state index contributed by atoms with van der Waals surface area (Å²) in [6.45, 7) is 4.28. The number of rotatable bonds is 3. The fraction of sp³-hybridized carbons (Fsp3) is 0.286. The summed E-state index contributed by atoms with van der Waals surface area (Å²) >= 11 is 14.4. The first-order valence-corrected chi connectivity index (χ1v) is 7.99. The number of anilines is 1. The third-order valence-corrected chi connectivity index (χ3v) is 4.46. The van der Waals surface area contributed by atoms with Crippen LogP contribution in [0.5, 0.6) is 0 Å². The first-order chi connectivity index (χ1) is 9.38. The molecule has 0 saturated heterocycles. The summed E-state index contributed by atoms with van der Waals surface area (Å²) in [5.41, 5.74) is 7.63. The fourth-order valence-corrected chi connectivity index (χ4v) is 2.66. The molecule has 20 heavy (non-hydrogen) atoms. The molecule has 0 aliphatic rings. The number of hydrogen-bond acceptors (Lipinski definition) is 3. The largest absolute Gasteiger partial charge is 0.383 e. The van der Waals surface area contributed by atoms with Gasteiger partial charge in [0.15, 0.2) is 5.82 Å². The predicted molar refractivity (Wildman–Crippen MR) is 93.2 cm³/mol. The van der Waals surface area contributed by atoms with E-state index in [0.29, 0.717) is 33.2 Å². The van der Waals surface area contributed by atoms with E-state index in [1.54, 1.807) is 18.2 Å². The van der Waals surface area contributed by atoms with Crippen molar-refractivity contribution in [3.8, 4) is 11.4 Å². The van der Waals surface area contributed by atoms with Crippen molar-refractivity contribution in [1.29, 1.82) is 0 Å². The molecule has 2 aromatic rings. The maximum atomic E-state index is 6.20. The van der Waals surface area contributed by atoms with Gasteiger partial charge in [-0.2, -0.15) is 0 Å². The summed E-state index contributed by atoms with van der Waals surface area (Å²) in [5, 5.41) is 1.15. The first-order valence-electron chi connectivity index (χ1n) is 6.15. The first kappa shape index (κ1) is 15.8. The SMILES string of the molecule is CC(C)Cc1nc(-c2cc(Cl)ccc2Cl)nc(N)c1I. The summed E-state index contributed by atoms with van der Waals surface area (Å²) in [7, 11) is 0. The lowest BCUT2D eigenvalue weighted by molar-refractivity contribution is 0.632. The number of halogens is 3. The lowest BCUT2D eigenvalue weighted by atomic mass is 10.1. The van der Waals surface area contributed by atoms with E-state index in [1.807, 2.05) is 0 Å². The van der Waals surface area contributed by atoms with Crippen molar-refractivity contribution in [3.05, 3.63) is 37.5 Å². The van der Waals surface area contributed by atoms with Crippen molar-refractivity contribution in [2.24, 2.45) is 5.92 Å². The minimum atomic E-state index is 0.474. The number of aromatic nitrogens is 2. The fourth-order valence-electron chi connectivity index (χ4n) is 1.82. The Morgan fingerprint density at radius 3 is 2.60 bits per heavy atom. The van der Waals surface area contributed by atoms with Crippen LogP contribution in [-0.2, 0) is 6.42 Å². The third kappa shape index (κ3) is 3.54. The summed E-state index contributed by atoms with van der Waals surface area (Å²) in [6, 6.07) is 5.22. The smallest absolute Gasteiger partial charge is 0.163 e. The number of benzene rings is 1. The third-order valence-electron chi connectivity index (χ3n) is 2.72. The normalized spacial score (nSPS) is 11.1. The van der Waals surface area contributed by atoms with Gasteiger partial charge in [-0.05, 0) is 53.1 Å². The molecule has 2 rings (SSSR count). The minimum absolute atomic E-state index is 0.474. The van der Waals surface area contributed by atoms with Crippen LogP contribution >= 0.6 is 45.8 Å². The predicted octanol–water partition coefficient (Wildman–Crippen LogP) is 4.84. The van der Waals surface area contributed by atoms with Gasteiger partial charge in [-0.1, -0.05) is 37.0 Å². The summed E-state index contributed by atoms with van der Waals surface area (Å²) in [4.78, 5) is 8.93. The Morgan fingerprint density at radius 1 is 1.25 bits per heavy atom. The monoisotopic (exact) mass is 421 g/mol. The molecular formula is C14H14Cl2IN3. The zero-order chi connectivity index (χ0) is 14.9. The van der Waals surface area contributed by atoms with Crippen molar-refractivity contribution in [3.63, 3.8) is 0 Å². The Labute approximate surface area is 142 Å². The van der Waals surface area contributed by atoms with Crippen LogP contribution < -0.4 is 5.73 Å². The average molecular weight is 422 g/mol.